The van der Waals surface area contributed by atoms with Crippen LogP contribution in [-0.4, -0.2) is 65.3 Å². The Morgan fingerprint density at radius 3 is 2.48 bits per heavy atom. The Morgan fingerprint density at radius 2 is 1.85 bits per heavy atom. The zero-order valence-corrected chi connectivity index (χ0v) is 15.6. The number of likely N-dealkylation sites (N-methyl/N-ethyl adjacent to an activating group) is 1. The molecular formula is C19H24FN5O2. The van der Waals surface area contributed by atoms with Crippen molar-refractivity contribution in [1.29, 1.82) is 0 Å². The highest BCUT2D eigenvalue weighted by molar-refractivity contribution is 5.78. The fourth-order valence-corrected chi connectivity index (χ4v) is 3.14. The lowest BCUT2D eigenvalue weighted by molar-refractivity contribution is -0.132. The minimum Gasteiger partial charge on any atom is -0.367 e. The highest BCUT2D eigenvalue weighted by Crippen LogP contribution is 2.13. The number of nitrogens with zero attached hydrogens (tertiary/aromatic N) is 5. The van der Waals surface area contributed by atoms with Gasteiger partial charge >= 0.3 is 0 Å². The molecule has 0 bridgehead atoms. The van der Waals surface area contributed by atoms with Crippen molar-refractivity contribution in [2.45, 2.75) is 6.54 Å². The van der Waals surface area contributed by atoms with Gasteiger partial charge < -0.3 is 9.80 Å². The lowest BCUT2D eigenvalue weighted by atomic mass is 10.2. The fourth-order valence-electron chi connectivity index (χ4n) is 3.14. The van der Waals surface area contributed by atoms with Crippen molar-refractivity contribution in [3.8, 4) is 0 Å². The van der Waals surface area contributed by atoms with Gasteiger partial charge in [-0.05, 0) is 24.7 Å². The number of piperazine rings is 1. The standard InChI is InChI=1S/C19H24FN5O2/c1-22(13-15-3-5-16(20)6-4-15)14-19(27)25-9-7-24(8-10-25)17-11-18(26)23(2)21-12-17/h3-6,11-12H,7-10,13-14H2,1-2H3. The number of carbonyl (C=O) groups excluding carboxylic acids is 1. The molecule has 1 saturated heterocycles. The molecule has 1 fully saturated rings. The zero-order valence-electron chi connectivity index (χ0n) is 15.6. The topological polar surface area (TPSA) is 61.7 Å². The van der Waals surface area contributed by atoms with Crippen molar-refractivity contribution in [2.75, 3.05) is 44.7 Å². The highest BCUT2D eigenvalue weighted by atomic mass is 19.1. The number of halogens is 1. The Kier molecular flexibility index (Phi) is 5.85. The first-order valence-corrected chi connectivity index (χ1v) is 8.91. The second kappa shape index (κ2) is 8.30. The molecule has 27 heavy (non-hydrogen) atoms. The molecule has 1 aromatic heterocycles. The molecule has 1 aromatic carbocycles. The largest absolute Gasteiger partial charge is 0.367 e. The predicted molar refractivity (Wildman–Crippen MR) is 101 cm³/mol. The van der Waals surface area contributed by atoms with Crippen molar-refractivity contribution in [3.63, 3.8) is 0 Å². The SMILES string of the molecule is CN(CC(=O)N1CCN(c2cnn(C)c(=O)c2)CC1)Cc1ccc(F)cc1. The van der Waals surface area contributed by atoms with Gasteiger partial charge in [-0.25, -0.2) is 9.07 Å². The van der Waals surface area contributed by atoms with Crippen molar-refractivity contribution in [1.82, 2.24) is 19.6 Å². The normalized spacial score (nSPS) is 14.7. The Labute approximate surface area is 157 Å². The maximum Gasteiger partial charge on any atom is 0.268 e. The van der Waals surface area contributed by atoms with Crippen LogP contribution >= 0.6 is 0 Å². The van der Waals surface area contributed by atoms with E-state index in [0.717, 1.165) is 11.3 Å². The third-order valence-electron chi connectivity index (χ3n) is 4.72. The van der Waals surface area contributed by atoms with Gasteiger partial charge in [0.25, 0.3) is 5.56 Å². The molecule has 1 amide bonds. The molecule has 0 N–H and O–H groups in total. The lowest BCUT2D eigenvalue weighted by Gasteiger charge is -2.36. The number of rotatable bonds is 5. The van der Waals surface area contributed by atoms with E-state index in [1.165, 1.54) is 16.8 Å². The van der Waals surface area contributed by atoms with Gasteiger partial charge in [-0.1, -0.05) is 12.1 Å². The number of aryl methyl sites for hydroxylation is 1. The summed E-state index contributed by atoms with van der Waals surface area (Å²) in [4.78, 5) is 30.1. The van der Waals surface area contributed by atoms with E-state index in [0.29, 0.717) is 39.3 Å². The maximum atomic E-state index is 13.0. The van der Waals surface area contributed by atoms with Crippen LogP contribution in [0.1, 0.15) is 5.56 Å². The zero-order chi connectivity index (χ0) is 19.4. The molecule has 7 nitrogen and oxygen atoms in total. The molecule has 0 atom stereocenters. The van der Waals surface area contributed by atoms with Gasteiger partial charge in [-0.15, -0.1) is 0 Å². The van der Waals surface area contributed by atoms with E-state index in [1.807, 2.05) is 16.8 Å². The number of anilines is 1. The fraction of sp³-hybridized carbons (Fsp3) is 0.421. The molecule has 0 radical (unpaired) electrons. The molecule has 3 rings (SSSR count). The number of carbonyl (C=O) groups is 1. The number of amides is 1. The third-order valence-corrected chi connectivity index (χ3v) is 4.72. The summed E-state index contributed by atoms with van der Waals surface area (Å²) in [5.74, 6) is -0.191. The molecule has 0 saturated carbocycles. The Morgan fingerprint density at radius 1 is 1.19 bits per heavy atom. The lowest BCUT2D eigenvalue weighted by Crippen LogP contribution is -2.51. The number of benzene rings is 1. The summed E-state index contributed by atoms with van der Waals surface area (Å²) in [6.07, 6.45) is 1.68. The molecule has 1 aliphatic heterocycles. The van der Waals surface area contributed by atoms with Crippen LogP contribution in [0, 0.1) is 5.82 Å². The summed E-state index contributed by atoms with van der Waals surface area (Å²) in [7, 11) is 3.49. The Hall–Kier alpha value is -2.74. The number of hydrogen-bond acceptors (Lipinski definition) is 5. The van der Waals surface area contributed by atoms with Gasteiger partial charge in [0, 0.05) is 45.8 Å². The van der Waals surface area contributed by atoms with Crippen molar-refractivity contribution in [2.24, 2.45) is 7.05 Å². The second-order valence-electron chi connectivity index (χ2n) is 6.84. The molecular weight excluding hydrogens is 349 g/mol. The number of hydrogen-bond donors (Lipinski definition) is 0. The van der Waals surface area contributed by atoms with Crippen LogP contribution in [-0.2, 0) is 18.4 Å². The van der Waals surface area contributed by atoms with Crippen LogP contribution in [0.4, 0.5) is 10.1 Å². The Balaban J connectivity index is 1.49. The van der Waals surface area contributed by atoms with Crippen LogP contribution in [0.25, 0.3) is 0 Å². The minimum absolute atomic E-state index is 0.0707. The van der Waals surface area contributed by atoms with Crippen molar-refractivity contribution >= 4 is 11.6 Å². The van der Waals surface area contributed by atoms with E-state index < -0.39 is 0 Å². The average molecular weight is 373 g/mol. The summed E-state index contributed by atoms with van der Waals surface area (Å²) < 4.78 is 14.3. The van der Waals surface area contributed by atoms with E-state index in [2.05, 4.69) is 10.00 Å². The summed E-state index contributed by atoms with van der Waals surface area (Å²) in [6.45, 7) is 3.46. The molecule has 2 heterocycles. The van der Waals surface area contributed by atoms with Gasteiger partial charge in [-0.2, -0.15) is 5.10 Å². The van der Waals surface area contributed by atoms with Crippen LogP contribution < -0.4 is 10.5 Å². The molecule has 0 spiro atoms. The van der Waals surface area contributed by atoms with E-state index >= 15 is 0 Å². The van der Waals surface area contributed by atoms with E-state index in [9.17, 15) is 14.0 Å². The molecule has 2 aromatic rings. The van der Waals surface area contributed by atoms with Gasteiger partial charge in [0.05, 0.1) is 18.4 Å². The van der Waals surface area contributed by atoms with Gasteiger partial charge in [0.2, 0.25) is 5.91 Å². The van der Waals surface area contributed by atoms with E-state index in [4.69, 9.17) is 0 Å². The molecule has 144 valence electrons. The highest BCUT2D eigenvalue weighted by Gasteiger charge is 2.22. The van der Waals surface area contributed by atoms with Crippen LogP contribution in [0.2, 0.25) is 0 Å². The van der Waals surface area contributed by atoms with E-state index in [1.54, 1.807) is 31.4 Å². The molecule has 1 aliphatic rings. The maximum absolute atomic E-state index is 13.0. The average Bonchev–Trinajstić information content (AvgIpc) is 2.66. The molecule has 0 unspecified atom stereocenters. The molecule has 0 aliphatic carbocycles. The van der Waals surface area contributed by atoms with Gasteiger partial charge in [0.1, 0.15) is 5.82 Å². The van der Waals surface area contributed by atoms with Crippen LogP contribution in [0.3, 0.4) is 0 Å². The second-order valence-corrected chi connectivity index (χ2v) is 6.84. The summed E-state index contributed by atoms with van der Waals surface area (Å²) >= 11 is 0. The van der Waals surface area contributed by atoms with Gasteiger partial charge in [0.15, 0.2) is 0 Å². The summed E-state index contributed by atoms with van der Waals surface area (Å²) in [5.41, 5.74) is 1.61. The third kappa shape index (κ3) is 4.91. The molecule has 8 heteroatoms. The Bertz CT molecular complexity index is 844. The smallest absolute Gasteiger partial charge is 0.268 e. The van der Waals surface area contributed by atoms with E-state index in [-0.39, 0.29) is 17.3 Å². The first-order chi connectivity index (χ1) is 12.9. The van der Waals surface area contributed by atoms with Crippen molar-refractivity contribution in [3.05, 3.63) is 58.3 Å². The van der Waals surface area contributed by atoms with Crippen LogP contribution in [0.5, 0.6) is 0 Å². The predicted octanol–water partition coefficient (Wildman–Crippen LogP) is 0.700. The monoisotopic (exact) mass is 373 g/mol. The quantitative estimate of drug-likeness (QED) is 0.772. The summed E-state index contributed by atoms with van der Waals surface area (Å²) in [5, 5.41) is 4.04. The first kappa shape index (κ1) is 19.0. The number of aromatic nitrogens is 2. The first-order valence-electron chi connectivity index (χ1n) is 8.91. The minimum atomic E-state index is -0.262. The van der Waals surface area contributed by atoms with Gasteiger partial charge in [-0.3, -0.25) is 14.5 Å². The van der Waals surface area contributed by atoms with Crippen LogP contribution in [0.15, 0.2) is 41.3 Å². The van der Waals surface area contributed by atoms with Crippen molar-refractivity contribution < 1.29 is 9.18 Å². The summed E-state index contributed by atoms with van der Waals surface area (Å²) in [6, 6.07) is 7.88.